The maximum Gasteiger partial charge on any atom is 0.0218 e. The minimum Gasteiger partial charge on any atom is -0.311 e. The molecule has 2 nitrogen and oxygen atoms in total. The predicted octanol–water partition coefficient (Wildman–Crippen LogP) is 3.52. The van der Waals surface area contributed by atoms with Gasteiger partial charge in [0.15, 0.2) is 0 Å². The van der Waals surface area contributed by atoms with Crippen LogP contribution < -0.4 is 5.32 Å². The molecule has 0 aliphatic carbocycles. The highest BCUT2D eigenvalue weighted by Gasteiger charge is 2.29. The van der Waals surface area contributed by atoms with Crippen LogP contribution in [-0.2, 0) is 0 Å². The van der Waals surface area contributed by atoms with Crippen LogP contribution in [-0.4, -0.2) is 36.1 Å². The molecule has 1 N–H and O–H groups in total. The van der Waals surface area contributed by atoms with E-state index in [0.717, 1.165) is 24.4 Å². The molecule has 0 aromatic carbocycles. The summed E-state index contributed by atoms with van der Waals surface area (Å²) in [7, 11) is 0. The van der Waals surface area contributed by atoms with Crippen molar-refractivity contribution in [1.29, 1.82) is 0 Å². The first-order chi connectivity index (χ1) is 8.41. The molecule has 1 saturated heterocycles. The van der Waals surface area contributed by atoms with Crippen LogP contribution in [0.2, 0.25) is 0 Å². The molecule has 1 aliphatic rings. The van der Waals surface area contributed by atoms with Gasteiger partial charge >= 0.3 is 0 Å². The van der Waals surface area contributed by atoms with Gasteiger partial charge in [0.25, 0.3) is 0 Å². The summed E-state index contributed by atoms with van der Waals surface area (Å²) >= 11 is 0. The molecule has 1 heterocycles. The van der Waals surface area contributed by atoms with Crippen LogP contribution >= 0.6 is 0 Å². The van der Waals surface area contributed by atoms with Crippen molar-refractivity contribution in [1.82, 2.24) is 10.2 Å². The van der Waals surface area contributed by atoms with Crippen LogP contribution in [0.3, 0.4) is 0 Å². The average Bonchev–Trinajstić information content (AvgIpc) is 2.28. The summed E-state index contributed by atoms with van der Waals surface area (Å²) in [5.41, 5.74) is 0. The van der Waals surface area contributed by atoms with E-state index in [1.54, 1.807) is 0 Å². The van der Waals surface area contributed by atoms with Gasteiger partial charge in [-0.1, -0.05) is 40.5 Å². The van der Waals surface area contributed by atoms with E-state index in [0.29, 0.717) is 12.1 Å². The van der Waals surface area contributed by atoms with Gasteiger partial charge in [0.1, 0.15) is 0 Å². The van der Waals surface area contributed by atoms with Gasteiger partial charge in [-0.05, 0) is 32.1 Å². The predicted molar refractivity (Wildman–Crippen MR) is 80.9 cm³/mol. The molecular formula is C16H34N2. The zero-order chi connectivity index (χ0) is 13.7. The summed E-state index contributed by atoms with van der Waals surface area (Å²) in [6.45, 7) is 16.5. The minimum atomic E-state index is 0.675. The SMILES string of the molecule is CC(C)CCCC(C)N1CC(C(C)C)NCC1C. The maximum atomic E-state index is 3.69. The summed E-state index contributed by atoms with van der Waals surface area (Å²) in [6, 6.07) is 2.10. The van der Waals surface area contributed by atoms with Crippen molar-refractivity contribution < 1.29 is 0 Å². The van der Waals surface area contributed by atoms with Crippen molar-refractivity contribution in [2.45, 2.75) is 78.9 Å². The Balaban J connectivity index is 2.41. The molecule has 2 heteroatoms. The molecule has 1 fully saturated rings. The van der Waals surface area contributed by atoms with E-state index in [1.165, 1.54) is 25.8 Å². The second kappa shape index (κ2) is 7.49. The molecule has 1 rings (SSSR count). The summed E-state index contributed by atoms with van der Waals surface area (Å²) in [4.78, 5) is 2.72. The smallest absolute Gasteiger partial charge is 0.0218 e. The highest BCUT2D eigenvalue weighted by Crippen LogP contribution is 2.19. The van der Waals surface area contributed by atoms with Crippen LogP contribution in [0, 0.1) is 11.8 Å². The number of hydrogen-bond acceptors (Lipinski definition) is 2. The Morgan fingerprint density at radius 3 is 2.33 bits per heavy atom. The lowest BCUT2D eigenvalue weighted by Crippen LogP contribution is -2.59. The monoisotopic (exact) mass is 254 g/mol. The Labute approximate surface area is 115 Å². The first-order valence-electron chi connectivity index (χ1n) is 7.91. The highest BCUT2D eigenvalue weighted by molar-refractivity contribution is 4.87. The summed E-state index contributed by atoms with van der Waals surface area (Å²) < 4.78 is 0. The number of rotatable bonds is 6. The zero-order valence-electron chi connectivity index (χ0n) is 13.4. The van der Waals surface area contributed by atoms with Gasteiger partial charge in [0.2, 0.25) is 0 Å². The molecule has 0 aromatic rings. The van der Waals surface area contributed by atoms with Crippen LogP contribution in [0.5, 0.6) is 0 Å². The third-order valence-electron chi connectivity index (χ3n) is 4.42. The fourth-order valence-electron chi connectivity index (χ4n) is 2.96. The van der Waals surface area contributed by atoms with Crippen molar-refractivity contribution in [2.24, 2.45) is 11.8 Å². The quantitative estimate of drug-likeness (QED) is 0.780. The van der Waals surface area contributed by atoms with E-state index in [-0.39, 0.29) is 0 Å². The van der Waals surface area contributed by atoms with Crippen molar-refractivity contribution in [2.75, 3.05) is 13.1 Å². The van der Waals surface area contributed by atoms with Crippen LogP contribution in [0.1, 0.15) is 60.8 Å². The number of hydrogen-bond donors (Lipinski definition) is 1. The van der Waals surface area contributed by atoms with E-state index in [1.807, 2.05) is 0 Å². The lowest BCUT2D eigenvalue weighted by molar-refractivity contribution is 0.0798. The van der Waals surface area contributed by atoms with Gasteiger partial charge in [-0.15, -0.1) is 0 Å². The third-order valence-corrected chi connectivity index (χ3v) is 4.42. The van der Waals surface area contributed by atoms with Gasteiger partial charge in [-0.2, -0.15) is 0 Å². The van der Waals surface area contributed by atoms with Crippen LogP contribution in [0.15, 0.2) is 0 Å². The van der Waals surface area contributed by atoms with Crippen molar-refractivity contribution in [3.05, 3.63) is 0 Å². The average molecular weight is 254 g/mol. The number of nitrogens with one attached hydrogen (secondary N) is 1. The normalized spacial score (nSPS) is 28.0. The molecule has 1 aliphatic heterocycles. The summed E-state index contributed by atoms with van der Waals surface area (Å²) in [6.07, 6.45) is 4.10. The Kier molecular flexibility index (Phi) is 6.65. The topological polar surface area (TPSA) is 15.3 Å². The number of nitrogens with zero attached hydrogens (tertiary/aromatic N) is 1. The van der Waals surface area contributed by atoms with Gasteiger partial charge < -0.3 is 5.32 Å². The van der Waals surface area contributed by atoms with Crippen molar-refractivity contribution in [3.63, 3.8) is 0 Å². The molecule has 18 heavy (non-hydrogen) atoms. The molecule has 0 saturated carbocycles. The fourth-order valence-corrected chi connectivity index (χ4v) is 2.96. The first kappa shape index (κ1) is 16.0. The van der Waals surface area contributed by atoms with E-state index in [2.05, 4.69) is 51.8 Å². The molecule has 3 unspecified atom stereocenters. The van der Waals surface area contributed by atoms with Gasteiger partial charge in [-0.25, -0.2) is 0 Å². The summed E-state index contributed by atoms with van der Waals surface area (Å²) in [5, 5.41) is 3.69. The molecule has 0 radical (unpaired) electrons. The van der Waals surface area contributed by atoms with Crippen LogP contribution in [0.25, 0.3) is 0 Å². The molecular weight excluding hydrogens is 220 g/mol. The second-order valence-electron chi connectivity index (χ2n) is 6.98. The van der Waals surface area contributed by atoms with E-state index in [4.69, 9.17) is 0 Å². The fraction of sp³-hybridized carbons (Fsp3) is 1.00. The van der Waals surface area contributed by atoms with Crippen LogP contribution in [0.4, 0.5) is 0 Å². The largest absolute Gasteiger partial charge is 0.311 e. The van der Waals surface area contributed by atoms with Gasteiger partial charge in [0, 0.05) is 31.2 Å². The highest BCUT2D eigenvalue weighted by atomic mass is 15.2. The minimum absolute atomic E-state index is 0.675. The maximum absolute atomic E-state index is 3.69. The third kappa shape index (κ3) is 4.89. The number of piperazine rings is 1. The molecule has 0 aromatic heterocycles. The molecule has 0 bridgehead atoms. The molecule has 0 amide bonds. The lowest BCUT2D eigenvalue weighted by atomic mass is 9.96. The van der Waals surface area contributed by atoms with E-state index >= 15 is 0 Å². The summed E-state index contributed by atoms with van der Waals surface area (Å²) in [5.74, 6) is 1.59. The zero-order valence-corrected chi connectivity index (χ0v) is 13.4. The lowest BCUT2D eigenvalue weighted by Gasteiger charge is -2.43. The van der Waals surface area contributed by atoms with Gasteiger partial charge in [0.05, 0.1) is 0 Å². The Bertz CT molecular complexity index is 225. The Morgan fingerprint density at radius 1 is 1.11 bits per heavy atom. The molecule has 3 atom stereocenters. The first-order valence-corrected chi connectivity index (χ1v) is 7.91. The molecule has 108 valence electrons. The Hall–Kier alpha value is -0.0800. The van der Waals surface area contributed by atoms with E-state index < -0.39 is 0 Å². The molecule has 0 spiro atoms. The standard InChI is InChI=1S/C16H34N2/c1-12(2)8-7-9-14(5)18-11-16(13(3)4)17-10-15(18)6/h12-17H,7-11H2,1-6H3. The van der Waals surface area contributed by atoms with Crippen molar-refractivity contribution >= 4 is 0 Å². The van der Waals surface area contributed by atoms with Crippen molar-refractivity contribution in [3.8, 4) is 0 Å². The van der Waals surface area contributed by atoms with E-state index in [9.17, 15) is 0 Å². The van der Waals surface area contributed by atoms with Gasteiger partial charge in [-0.3, -0.25) is 4.90 Å². The second-order valence-corrected chi connectivity index (χ2v) is 6.98. The Morgan fingerprint density at radius 2 is 1.78 bits per heavy atom.